The molecular formula is C24H24FNO2S2. The molecule has 0 aliphatic rings. The van der Waals surface area contributed by atoms with Crippen molar-refractivity contribution in [3.63, 3.8) is 0 Å². The normalized spacial score (nSPS) is 11.3. The number of nitrogens with one attached hydrogen (secondary N) is 1. The number of halogens is 1. The molecule has 3 nitrogen and oxygen atoms in total. The van der Waals surface area contributed by atoms with E-state index in [2.05, 4.69) is 4.72 Å². The van der Waals surface area contributed by atoms with Crippen molar-refractivity contribution in [2.24, 2.45) is 0 Å². The van der Waals surface area contributed by atoms with Crippen molar-refractivity contribution in [1.82, 2.24) is 0 Å². The molecule has 0 aliphatic heterocycles. The fourth-order valence-corrected chi connectivity index (χ4v) is 4.99. The molecule has 0 saturated carbocycles. The van der Waals surface area contributed by atoms with Crippen LogP contribution in [0.3, 0.4) is 0 Å². The van der Waals surface area contributed by atoms with E-state index in [9.17, 15) is 12.8 Å². The summed E-state index contributed by atoms with van der Waals surface area (Å²) in [5, 5.41) is 0. The SMILES string of the molecule is Cc1cc(C)c(NS(=O)(=O)c2ccc(CC(=S)Cc3ccccc3F)cc2)c(C)c1. The average molecular weight is 442 g/mol. The van der Waals surface area contributed by atoms with Gasteiger partial charge in [-0.2, -0.15) is 0 Å². The molecule has 0 heterocycles. The van der Waals surface area contributed by atoms with Gasteiger partial charge in [0.15, 0.2) is 0 Å². The molecule has 0 atom stereocenters. The molecule has 0 aromatic heterocycles. The van der Waals surface area contributed by atoms with Crippen molar-refractivity contribution in [2.45, 2.75) is 38.5 Å². The molecule has 0 unspecified atom stereocenters. The molecule has 3 aromatic rings. The fourth-order valence-electron chi connectivity index (χ4n) is 3.47. The summed E-state index contributed by atoms with van der Waals surface area (Å²) >= 11 is 5.41. The van der Waals surface area contributed by atoms with E-state index in [0.29, 0.717) is 29.0 Å². The molecule has 0 bridgehead atoms. The Morgan fingerprint density at radius 1 is 0.933 bits per heavy atom. The summed E-state index contributed by atoms with van der Waals surface area (Å²) in [5.41, 5.74) is 4.91. The van der Waals surface area contributed by atoms with Crippen LogP contribution in [0.1, 0.15) is 27.8 Å². The predicted octanol–water partition coefficient (Wildman–Crippen LogP) is 5.71. The van der Waals surface area contributed by atoms with Gasteiger partial charge in [-0.1, -0.05) is 60.2 Å². The van der Waals surface area contributed by atoms with Crippen LogP contribution in [-0.2, 0) is 22.9 Å². The standard InChI is InChI=1S/C24H24FNO2S2/c1-16-12-17(2)24(18(3)13-16)26-30(27,28)22-10-8-19(9-11-22)14-21(29)15-20-6-4-5-7-23(20)25/h4-13,26H,14-15H2,1-3H3. The van der Waals surface area contributed by atoms with Crippen molar-refractivity contribution >= 4 is 32.8 Å². The van der Waals surface area contributed by atoms with Gasteiger partial charge < -0.3 is 0 Å². The highest BCUT2D eigenvalue weighted by molar-refractivity contribution is 7.92. The van der Waals surface area contributed by atoms with Gasteiger partial charge in [-0.3, -0.25) is 4.72 Å². The second kappa shape index (κ2) is 9.06. The summed E-state index contributed by atoms with van der Waals surface area (Å²) in [5.74, 6) is -0.269. The lowest BCUT2D eigenvalue weighted by Gasteiger charge is -2.14. The van der Waals surface area contributed by atoms with Gasteiger partial charge in [0, 0.05) is 17.7 Å². The van der Waals surface area contributed by atoms with Crippen LogP contribution in [0.5, 0.6) is 0 Å². The minimum atomic E-state index is -3.70. The summed E-state index contributed by atoms with van der Waals surface area (Å²) in [4.78, 5) is 0.880. The molecule has 0 amide bonds. The first-order chi connectivity index (χ1) is 14.2. The van der Waals surface area contributed by atoms with E-state index in [0.717, 1.165) is 22.3 Å². The Balaban J connectivity index is 1.72. The summed E-state index contributed by atoms with van der Waals surface area (Å²) in [6.07, 6.45) is 0.850. The predicted molar refractivity (Wildman–Crippen MR) is 124 cm³/mol. The quantitative estimate of drug-likeness (QED) is 0.478. The minimum absolute atomic E-state index is 0.186. The van der Waals surface area contributed by atoms with Crippen molar-refractivity contribution in [3.8, 4) is 0 Å². The third-order valence-electron chi connectivity index (χ3n) is 4.89. The summed E-state index contributed by atoms with van der Waals surface area (Å²) in [6, 6.07) is 17.1. The number of aryl methyl sites for hydroxylation is 3. The van der Waals surface area contributed by atoms with Gasteiger partial charge in [0.25, 0.3) is 10.0 Å². The summed E-state index contributed by atoms with van der Waals surface area (Å²) in [6.45, 7) is 5.75. The number of rotatable bonds is 7. The van der Waals surface area contributed by atoms with Crippen LogP contribution in [0, 0.1) is 26.6 Å². The number of sulfonamides is 1. The Morgan fingerprint density at radius 2 is 1.53 bits per heavy atom. The first-order valence-corrected chi connectivity index (χ1v) is 11.5. The monoisotopic (exact) mass is 441 g/mol. The third kappa shape index (κ3) is 5.32. The molecule has 6 heteroatoms. The van der Waals surface area contributed by atoms with E-state index >= 15 is 0 Å². The highest BCUT2D eigenvalue weighted by atomic mass is 32.2. The Labute approximate surface area is 183 Å². The number of anilines is 1. The first-order valence-electron chi connectivity index (χ1n) is 9.60. The van der Waals surface area contributed by atoms with E-state index in [1.807, 2.05) is 32.9 Å². The molecule has 3 rings (SSSR count). The maximum absolute atomic E-state index is 13.8. The van der Waals surface area contributed by atoms with Crippen LogP contribution in [0.2, 0.25) is 0 Å². The second-order valence-corrected chi connectivity index (χ2v) is 9.77. The van der Waals surface area contributed by atoms with Gasteiger partial charge in [-0.05, 0) is 61.2 Å². The van der Waals surface area contributed by atoms with E-state index in [4.69, 9.17) is 12.2 Å². The highest BCUT2D eigenvalue weighted by Gasteiger charge is 2.17. The Morgan fingerprint density at radius 3 is 2.13 bits per heavy atom. The molecule has 3 aromatic carbocycles. The van der Waals surface area contributed by atoms with Crippen LogP contribution >= 0.6 is 12.2 Å². The van der Waals surface area contributed by atoms with E-state index < -0.39 is 10.0 Å². The van der Waals surface area contributed by atoms with Crippen LogP contribution in [0.4, 0.5) is 10.1 Å². The van der Waals surface area contributed by atoms with E-state index in [1.54, 1.807) is 42.5 Å². The number of thiocarbonyl (C=S) groups is 1. The van der Waals surface area contributed by atoms with Crippen molar-refractivity contribution in [2.75, 3.05) is 4.72 Å². The molecule has 0 aliphatic carbocycles. The van der Waals surface area contributed by atoms with Gasteiger partial charge in [0.05, 0.1) is 10.6 Å². The van der Waals surface area contributed by atoms with E-state index in [-0.39, 0.29) is 10.7 Å². The molecule has 1 N–H and O–H groups in total. The molecule has 156 valence electrons. The van der Waals surface area contributed by atoms with Crippen LogP contribution < -0.4 is 4.72 Å². The average Bonchev–Trinajstić information content (AvgIpc) is 2.67. The number of hydrogen-bond donors (Lipinski definition) is 1. The van der Waals surface area contributed by atoms with Gasteiger partial charge in [-0.15, -0.1) is 0 Å². The Hall–Kier alpha value is -2.57. The fraction of sp³-hybridized carbons (Fsp3) is 0.208. The topological polar surface area (TPSA) is 46.2 Å². The number of hydrogen-bond acceptors (Lipinski definition) is 3. The summed E-state index contributed by atoms with van der Waals surface area (Å²) in [7, 11) is -3.70. The third-order valence-corrected chi connectivity index (χ3v) is 6.55. The maximum atomic E-state index is 13.8. The molecule has 30 heavy (non-hydrogen) atoms. The van der Waals surface area contributed by atoms with Crippen LogP contribution in [0.25, 0.3) is 0 Å². The lowest BCUT2D eigenvalue weighted by molar-refractivity contribution is 0.601. The van der Waals surface area contributed by atoms with Crippen molar-refractivity contribution in [3.05, 3.63) is 94.3 Å². The highest BCUT2D eigenvalue weighted by Crippen LogP contribution is 2.25. The van der Waals surface area contributed by atoms with Gasteiger partial charge in [0.2, 0.25) is 0 Å². The van der Waals surface area contributed by atoms with E-state index in [1.165, 1.54) is 6.07 Å². The van der Waals surface area contributed by atoms with Gasteiger partial charge in [0.1, 0.15) is 5.82 Å². The zero-order valence-corrected chi connectivity index (χ0v) is 18.8. The Kier molecular flexibility index (Phi) is 6.68. The van der Waals surface area contributed by atoms with Gasteiger partial charge >= 0.3 is 0 Å². The number of benzene rings is 3. The maximum Gasteiger partial charge on any atom is 0.261 e. The Bertz CT molecular complexity index is 1160. The summed E-state index contributed by atoms with van der Waals surface area (Å²) < 4.78 is 42.1. The zero-order valence-electron chi connectivity index (χ0n) is 17.2. The smallest absolute Gasteiger partial charge is 0.261 e. The lowest BCUT2D eigenvalue weighted by Crippen LogP contribution is -2.15. The molecule has 0 fully saturated rings. The molecule has 0 saturated heterocycles. The van der Waals surface area contributed by atoms with Crippen molar-refractivity contribution < 1.29 is 12.8 Å². The molecule has 0 radical (unpaired) electrons. The largest absolute Gasteiger partial charge is 0.279 e. The van der Waals surface area contributed by atoms with Crippen LogP contribution in [-0.4, -0.2) is 13.3 Å². The molecular weight excluding hydrogens is 417 g/mol. The van der Waals surface area contributed by atoms with Crippen molar-refractivity contribution in [1.29, 1.82) is 0 Å². The first kappa shape index (κ1) is 22.1. The molecule has 0 spiro atoms. The lowest BCUT2D eigenvalue weighted by atomic mass is 10.0. The zero-order chi connectivity index (χ0) is 21.9. The van der Waals surface area contributed by atoms with Gasteiger partial charge in [-0.25, -0.2) is 12.8 Å². The minimum Gasteiger partial charge on any atom is -0.279 e. The second-order valence-electron chi connectivity index (χ2n) is 7.51. The van der Waals surface area contributed by atoms with Crippen LogP contribution in [0.15, 0.2) is 65.6 Å².